The highest BCUT2D eigenvalue weighted by molar-refractivity contribution is 6.04. The number of benzene rings is 1. The zero-order valence-electron chi connectivity index (χ0n) is 9.90. The number of carbonyl (C=O) groups excluding carboxylic acids is 1. The van der Waals surface area contributed by atoms with Crippen molar-refractivity contribution in [2.45, 2.75) is 13.3 Å². The van der Waals surface area contributed by atoms with Gasteiger partial charge in [-0.1, -0.05) is 6.92 Å². The third kappa shape index (κ3) is 2.27. The normalized spacial score (nSPS) is 10.3. The predicted molar refractivity (Wildman–Crippen MR) is 68.4 cm³/mol. The Morgan fingerprint density at radius 3 is 3.00 bits per heavy atom. The van der Waals surface area contributed by atoms with Crippen molar-refractivity contribution in [2.75, 3.05) is 11.1 Å². The maximum Gasteiger partial charge on any atom is 0.256 e. The van der Waals surface area contributed by atoms with Gasteiger partial charge in [0, 0.05) is 11.1 Å². The number of hydrogen-bond donors (Lipinski definition) is 4. The van der Waals surface area contributed by atoms with E-state index in [0.717, 1.165) is 12.0 Å². The number of aryl methyl sites for hydroxylation is 1. The summed E-state index contributed by atoms with van der Waals surface area (Å²) in [6.45, 7) is 1.97. The number of aromatic hydroxyl groups is 1. The Morgan fingerprint density at radius 2 is 2.33 bits per heavy atom. The minimum atomic E-state index is -0.329. The van der Waals surface area contributed by atoms with Crippen LogP contribution in [0.25, 0.3) is 0 Å². The molecule has 0 aliphatic rings. The van der Waals surface area contributed by atoms with Gasteiger partial charge in [0.05, 0.1) is 11.9 Å². The molecule has 2 rings (SSSR count). The van der Waals surface area contributed by atoms with Gasteiger partial charge in [0.2, 0.25) is 0 Å². The fourth-order valence-corrected chi connectivity index (χ4v) is 1.56. The van der Waals surface area contributed by atoms with Crippen molar-refractivity contribution in [2.24, 2.45) is 0 Å². The Morgan fingerprint density at radius 1 is 1.56 bits per heavy atom. The second-order valence-corrected chi connectivity index (χ2v) is 3.85. The molecule has 18 heavy (non-hydrogen) atoms. The van der Waals surface area contributed by atoms with Crippen molar-refractivity contribution in [1.82, 2.24) is 10.2 Å². The SMILES string of the molecule is CCc1cn[nH]c1NC(=O)c1ccc(N)c(O)c1. The Labute approximate surface area is 104 Å². The van der Waals surface area contributed by atoms with E-state index in [2.05, 4.69) is 15.5 Å². The van der Waals surface area contributed by atoms with E-state index >= 15 is 0 Å². The summed E-state index contributed by atoms with van der Waals surface area (Å²) >= 11 is 0. The lowest BCUT2D eigenvalue weighted by atomic mass is 10.1. The van der Waals surface area contributed by atoms with Crippen molar-refractivity contribution < 1.29 is 9.90 Å². The van der Waals surface area contributed by atoms with E-state index in [1.165, 1.54) is 12.1 Å². The number of aromatic nitrogens is 2. The number of rotatable bonds is 3. The van der Waals surface area contributed by atoms with Gasteiger partial charge in [-0.15, -0.1) is 0 Å². The van der Waals surface area contributed by atoms with Crippen molar-refractivity contribution in [3.05, 3.63) is 35.5 Å². The van der Waals surface area contributed by atoms with E-state index in [0.29, 0.717) is 11.4 Å². The van der Waals surface area contributed by atoms with E-state index in [9.17, 15) is 9.90 Å². The minimum absolute atomic E-state index is 0.108. The zero-order valence-corrected chi connectivity index (χ0v) is 9.90. The molecule has 0 atom stereocenters. The molecule has 0 saturated carbocycles. The number of nitrogens with one attached hydrogen (secondary N) is 2. The smallest absolute Gasteiger partial charge is 0.256 e. The van der Waals surface area contributed by atoms with Crippen molar-refractivity contribution in [3.8, 4) is 5.75 Å². The first kappa shape index (κ1) is 12.0. The minimum Gasteiger partial charge on any atom is -0.506 e. The monoisotopic (exact) mass is 246 g/mol. The van der Waals surface area contributed by atoms with E-state index in [4.69, 9.17) is 5.73 Å². The lowest BCUT2D eigenvalue weighted by Gasteiger charge is -2.06. The number of anilines is 2. The number of nitrogens with zero attached hydrogens (tertiary/aromatic N) is 1. The molecule has 6 nitrogen and oxygen atoms in total. The van der Waals surface area contributed by atoms with Gasteiger partial charge in [-0.05, 0) is 24.6 Å². The van der Waals surface area contributed by atoms with Gasteiger partial charge in [-0.3, -0.25) is 9.89 Å². The molecule has 2 aromatic rings. The molecule has 0 unspecified atom stereocenters. The number of phenolic OH excluding ortho intramolecular Hbond substituents is 1. The predicted octanol–water partition coefficient (Wildman–Crippen LogP) is 1.51. The first-order valence-corrected chi connectivity index (χ1v) is 5.54. The number of nitrogens with two attached hydrogens (primary N) is 1. The van der Waals surface area contributed by atoms with Gasteiger partial charge in [-0.25, -0.2) is 0 Å². The van der Waals surface area contributed by atoms with Gasteiger partial charge in [0.1, 0.15) is 11.6 Å². The zero-order chi connectivity index (χ0) is 13.1. The molecule has 94 valence electrons. The number of aromatic amines is 1. The molecule has 6 heteroatoms. The summed E-state index contributed by atoms with van der Waals surface area (Å²) < 4.78 is 0. The maximum absolute atomic E-state index is 11.9. The van der Waals surface area contributed by atoms with Crippen LogP contribution in [0.2, 0.25) is 0 Å². The summed E-state index contributed by atoms with van der Waals surface area (Å²) in [5.41, 5.74) is 6.96. The molecule has 5 N–H and O–H groups in total. The average Bonchev–Trinajstić information content (AvgIpc) is 2.79. The van der Waals surface area contributed by atoms with Crippen LogP contribution in [0.5, 0.6) is 5.75 Å². The summed E-state index contributed by atoms with van der Waals surface area (Å²) in [5.74, 6) is 0.131. The van der Waals surface area contributed by atoms with Crippen LogP contribution in [0.15, 0.2) is 24.4 Å². The number of H-pyrrole nitrogens is 1. The van der Waals surface area contributed by atoms with Crippen LogP contribution in [0.4, 0.5) is 11.5 Å². The van der Waals surface area contributed by atoms with Crippen LogP contribution in [0.3, 0.4) is 0 Å². The lowest BCUT2D eigenvalue weighted by Crippen LogP contribution is -2.13. The molecule has 0 spiro atoms. The average molecular weight is 246 g/mol. The van der Waals surface area contributed by atoms with E-state index in [1.54, 1.807) is 12.3 Å². The molecule has 0 bridgehead atoms. The molecule has 0 aliphatic carbocycles. The number of carbonyl (C=O) groups is 1. The van der Waals surface area contributed by atoms with Crippen LogP contribution in [-0.2, 0) is 6.42 Å². The fraction of sp³-hybridized carbons (Fsp3) is 0.167. The Bertz CT molecular complexity index is 577. The Balaban J connectivity index is 2.19. The van der Waals surface area contributed by atoms with E-state index < -0.39 is 0 Å². The summed E-state index contributed by atoms with van der Waals surface area (Å²) in [5, 5.41) is 18.7. The second-order valence-electron chi connectivity index (χ2n) is 3.85. The Hall–Kier alpha value is -2.50. The molecule has 1 aromatic heterocycles. The highest BCUT2D eigenvalue weighted by atomic mass is 16.3. The standard InChI is InChI=1S/C12H14N4O2/c1-2-7-6-14-16-11(7)15-12(18)8-3-4-9(13)10(17)5-8/h3-6,17H,2,13H2,1H3,(H2,14,15,16,18). The highest BCUT2D eigenvalue weighted by Gasteiger charge is 2.11. The third-order valence-corrected chi connectivity index (χ3v) is 2.63. The molecule has 0 saturated heterocycles. The molecule has 0 fully saturated rings. The van der Waals surface area contributed by atoms with E-state index in [1.807, 2.05) is 6.92 Å². The van der Waals surface area contributed by atoms with Gasteiger partial charge in [-0.2, -0.15) is 5.10 Å². The summed E-state index contributed by atoms with van der Waals surface area (Å²) in [6.07, 6.45) is 2.43. The van der Waals surface area contributed by atoms with Crippen LogP contribution >= 0.6 is 0 Å². The van der Waals surface area contributed by atoms with Crippen molar-refractivity contribution in [1.29, 1.82) is 0 Å². The first-order chi connectivity index (χ1) is 8.61. The first-order valence-electron chi connectivity index (χ1n) is 5.54. The van der Waals surface area contributed by atoms with Crippen LogP contribution < -0.4 is 11.1 Å². The number of phenols is 1. The number of amides is 1. The fourth-order valence-electron chi connectivity index (χ4n) is 1.56. The maximum atomic E-state index is 11.9. The Kier molecular flexibility index (Phi) is 3.18. The molecule has 1 heterocycles. The molecule has 0 aliphatic heterocycles. The molecular formula is C12H14N4O2. The molecule has 0 radical (unpaired) electrons. The number of hydrogen-bond acceptors (Lipinski definition) is 4. The summed E-state index contributed by atoms with van der Waals surface area (Å²) in [6, 6.07) is 4.36. The van der Waals surface area contributed by atoms with Gasteiger partial charge in [0.25, 0.3) is 5.91 Å². The third-order valence-electron chi connectivity index (χ3n) is 2.63. The number of nitrogen functional groups attached to an aromatic ring is 1. The largest absolute Gasteiger partial charge is 0.506 e. The van der Waals surface area contributed by atoms with E-state index in [-0.39, 0.29) is 17.3 Å². The highest BCUT2D eigenvalue weighted by Crippen LogP contribution is 2.21. The summed E-state index contributed by atoms with van der Waals surface area (Å²) in [7, 11) is 0. The summed E-state index contributed by atoms with van der Waals surface area (Å²) in [4.78, 5) is 11.9. The van der Waals surface area contributed by atoms with Crippen molar-refractivity contribution >= 4 is 17.4 Å². The van der Waals surface area contributed by atoms with Gasteiger partial charge >= 0.3 is 0 Å². The van der Waals surface area contributed by atoms with Crippen LogP contribution in [0, 0.1) is 0 Å². The molecule has 1 amide bonds. The second kappa shape index (κ2) is 4.79. The van der Waals surface area contributed by atoms with Crippen molar-refractivity contribution in [3.63, 3.8) is 0 Å². The lowest BCUT2D eigenvalue weighted by molar-refractivity contribution is 0.102. The molecule has 1 aromatic carbocycles. The van der Waals surface area contributed by atoms with Crippen LogP contribution in [0.1, 0.15) is 22.8 Å². The van der Waals surface area contributed by atoms with Gasteiger partial charge in [0.15, 0.2) is 0 Å². The molecular weight excluding hydrogens is 232 g/mol. The quantitative estimate of drug-likeness (QED) is 0.486. The van der Waals surface area contributed by atoms with Gasteiger partial charge < -0.3 is 16.2 Å². The topological polar surface area (TPSA) is 104 Å². The van der Waals surface area contributed by atoms with Crippen LogP contribution in [-0.4, -0.2) is 21.2 Å².